The van der Waals surface area contributed by atoms with E-state index >= 15 is 0 Å². The average Bonchev–Trinajstić information content (AvgIpc) is 2.82. The fraction of sp³-hybridized carbons (Fsp3) is 0.467. The molecular weight excluding hydrogens is 408 g/mol. The molecule has 1 aromatic carbocycles. The second kappa shape index (κ2) is 8.49. The summed E-state index contributed by atoms with van der Waals surface area (Å²) in [6.07, 6.45) is -1.19. The number of nitrogens with two attached hydrogens (primary N) is 1. The van der Waals surface area contributed by atoms with E-state index in [-0.39, 0.29) is 12.4 Å². The van der Waals surface area contributed by atoms with Crippen molar-refractivity contribution in [1.29, 1.82) is 0 Å². The monoisotopic (exact) mass is 430 g/mol. The maximum absolute atomic E-state index is 13.5. The first-order chi connectivity index (χ1) is 10.6. The number of hydrogen-bond donors (Lipinski definition) is 1. The molecule has 0 spiro atoms. The zero-order valence-corrected chi connectivity index (χ0v) is 16.5. The summed E-state index contributed by atoms with van der Waals surface area (Å²) >= 11 is 0.967. The van der Waals surface area contributed by atoms with E-state index in [1.54, 1.807) is 19.1 Å². The Labute approximate surface area is 148 Å². The topological polar surface area (TPSA) is 75.9 Å². The first kappa shape index (κ1) is 19.7. The molecule has 1 fully saturated rings. The molecule has 0 bridgehead atoms. The molecule has 3 radical (unpaired) electrons. The molecule has 1 aromatic rings. The van der Waals surface area contributed by atoms with Crippen molar-refractivity contribution in [3.05, 3.63) is 24.0 Å². The van der Waals surface area contributed by atoms with E-state index in [9.17, 15) is 14.0 Å². The number of primary amides is 1. The van der Waals surface area contributed by atoms with Crippen LogP contribution in [0.2, 0.25) is 0 Å². The summed E-state index contributed by atoms with van der Waals surface area (Å²) in [5.41, 5.74) is 5.61. The van der Waals surface area contributed by atoms with Gasteiger partial charge < -0.3 is 4.90 Å². The van der Waals surface area contributed by atoms with Crippen LogP contribution in [0.15, 0.2) is 18.2 Å². The predicted octanol–water partition coefficient (Wildman–Crippen LogP) is 0.244. The number of nitrogens with zero attached hydrogens (tertiary/aromatic N) is 2. The molecule has 23 heavy (non-hydrogen) atoms. The first-order valence-corrected chi connectivity index (χ1v) is 8.45. The van der Waals surface area contributed by atoms with E-state index in [4.69, 9.17) is 10.5 Å². The number of benzene rings is 1. The van der Waals surface area contributed by atoms with Crippen LogP contribution in [0, 0.1) is 11.7 Å². The molecule has 2 N–H and O–H groups in total. The second-order valence-electron chi connectivity index (χ2n) is 5.73. The van der Waals surface area contributed by atoms with Gasteiger partial charge in [0.25, 0.3) is 0 Å². The van der Waals surface area contributed by atoms with Crippen LogP contribution in [0.3, 0.4) is 0 Å². The van der Waals surface area contributed by atoms with Gasteiger partial charge in [-0.3, -0.25) is 0 Å². The Balaban J connectivity index is 0.000000593. The first-order valence-electron chi connectivity index (χ1n) is 7.03. The van der Waals surface area contributed by atoms with Gasteiger partial charge in [-0.15, -0.1) is 0 Å². The predicted molar refractivity (Wildman–Crippen MR) is 87.4 cm³/mol. The van der Waals surface area contributed by atoms with E-state index in [2.05, 4.69) is 0 Å². The number of cyclic esters (lactones) is 1. The van der Waals surface area contributed by atoms with Crippen LogP contribution in [-0.2, 0) is 9.53 Å². The fourth-order valence-electron chi connectivity index (χ4n) is 1.81. The van der Waals surface area contributed by atoms with Crippen LogP contribution < -0.4 is 14.2 Å². The minimum absolute atomic E-state index is 0.193. The van der Waals surface area contributed by atoms with Gasteiger partial charge in [-0.25, -0.2) is 0 Å². The molecule has 6 nitrogen and oxygen atoms in total. The molecule has 0 aliphatic carbocycles. The van der Waals surface area contributed by atoms with Gasteiger partial charge in [0.15, 0.2) is 0 Å². The number of anilines is 1. The molecule has 8 heteroatoms. The summed E-state index contributed by atoms with van der Waals surface area (Å²) in [4.78, 5) is 26.1. The Hall–Kier alpha value is -1.35. The summed E-state index contributed by atoms with van der Waals surface area (Å²) in [6.45, 7) is 1.79. The molecule has 0 saturated carbocycles. The molecule has 1 unspecified atom stereocenters. The summed E-state index contributed by atoms with van der Waals surface area (Å²) in [5, 5.41) is 0. The molecule has 2 amide bonds. The number of rotatable bonds is 3. The summed E-state index contributed by atoms with van der Waals surface area (Å²) < 4.78 is 19.2. The van der Waals surface area contributed by atoms with E-state index < -0.39 is 24.0 Å². The van der Waals surface area contributed by atoms with Gasteiger partial charge in [-0.1, -0.05) is 0 Å². The quantitative estimate of drug-likeness (QED) is 0.700. The van der Waals surface area contributed by atoms with Gasteiger partial charge in [0.2, 0.25) is 0 Å². The van der Waals surface area contributed by atoms with Crippen molar-refractivity contribution in [2.75, 3.05) is 32.6 Å². The Bertz CT molecular complexity index is 580. The molecule has 1 saturated heterocycles. The zero-order valence-electron chi connectivity index (χ0n) is 13.7. The van der Waals surface area contributed by atoms with Crippen molar-refractivity contribution < 1.29 is 18.7 Å². The third-order valence-corrected chi connectivity index (χ3v) is 4.26. The Morgan fingerprint density at radius 1 is 1.48 bits per heavy atom. The SMILES string of the molecule is CN(C)C.C[C@H](C(N)=O)C1CN(c2cc[c]([Sn])c(F)c2)C(=O)O1. The molecule has 1 aliphatic rings. The van der Waals surface area contributed by atoms with Gasteiger partial charge in [0.05, 0.1) is 0 Å². The molecule has 1 aliphatic heterocycles. The van der Waals surface area contributed by atoms with Gasteiger partial charge >= 0.3 is 123 Å². The van der Waals surface area contributed by atoms with Gasteiger partial charge in [0.1, 0.15) is 0 Å². The zero-order chi connectivity index (χ0) is 17.7. The Kier molecular flexibility index (Phi) is 7.27. The Morgan fingerprint density at radius 2 is 2.04 bits per heavy atom. The third kappa shape index (κ3) is 5.65. The minimum atomic E-state index is -0.597. The van der Waals surface area contributed by atoms with Crippen molar-refractivity contribution in [2.24, 2.45) is 11.7 Å². The van der Waals surface area contributed by atoms with Crippen LogP contribution >= 0.6 is 0 Å². The number of halogens is 1. The summed E-state index contributed by atoms with van der Waals surface area (Å²) in [5.74, 6) is -1.46. The maximum atomic E-state index is 13.5. The van der Waals surface area contributed by atoms with Crippen LogP contribution in [-0.4, -0.2) is 73.2 Å². The molecular formula is C15H21FN3O3Sn. The van der Waals surface area contributed by atoms with E-state index in [1.807, 2.05) is 26.0 Å². The van der Waals surface area contributed by atoms with Gasteiger partial charge in [0, 0.05) is 0 Å². The molecule has 2 atom stereocenters. The fourth-order valence-corrected chi connectivity index (χ4v) is 2.25. The Morgan fingerprint density at radius 3 is 2.52 bits per heavy atom. The summed E-state index contributed by atoms with van der Waals surface area (Å²) in [7, 11) is 6.00. The molecule has 0 aromatic heterocycles. The second-order valence-corrected chi connectivity index (χ2v) is 7.27. The number of carbonyl (C=O) groups excluding carboxylic acids is 2. The van der Waals surface area contributed by atoms with Crippen molar-refractivity contribution in [3.63, 3.8) is 0 Å². The third-order valence-electron chi connectivity index (χ3n) is 3.11. The number of ether oxygens (including phenoxy) is 1. The number of hydrogen-bond acceptors (Lipinski definition) is 4. The van der Waals surface area contributed by atoms with Crippen molar-refractivity contribution in [1.82, 2.24) is 4.90 Å². The van der Waals surface area contributed by atoms with Crippen LogP contribution in [0.4, 0.5) is 14.9 Å². The molecule has 1 heterocycles. The van der Waals surface area contributed by atoms with E-state index in [1.165, 1.54) is 11.0 Å². The van der Waals surface area contributed by atoms with E-state index in [0.29, 0.717) is 9.27 Å². The van der Waals surface area contributed by atoms with Gasteiger partial charge in [-0.05, 0) is 21.1 Å². The molecule has 2 rings (SSSR count). The van der Waals surface area contributed by atoms with Crippen LogP contribution in [0.25, 0.3) is 0 Å². The standard InChI is InChI=1S/C12H12FN2O3.C3H9N.Sn/c1-7(11(14)16)10-6-15(12(17)18-10)9-4-2-3-8(13)5-9;1-4(2)3;/h2,4-5,7,10H,6H2,1H3,(H2,14,16);1-3H3;/t7-,10?;;/m0../s1. The van der Waals surface area contributed by atoms with Crippen molar-refractivity contribution >= 4 is 43.8 Å². The normalized spacial score (nSPS) is 18.3. The average molecular weight is 429 g/mol. The summed E-state index contributed by atoms with van der Waals surface area (Å²) in [6, 6.07) is 4.58. The van der Waals surface area contributed by atoms with Gasteiger partial charge in [-0.2, -0.15) is 0 Å². The van der Waals surface area contributed by atoms with Crippen molar-refractivity contribution in [3.8, 4) is 0 Å². The van der Waals surface area contributed by atoms with Crippen LogP contribution in [0.5, 0.6) is 0 Å². The van der Waals surface area contributed by atoms with E-state index in [0.717, 1.165) is 22.5 Å². The van der Waals surface area contributed by atoms with Crippen molar-refractivity contribution in [2.45, 2.75) is 13.0 Å². The molecule has 125 valence electrons. The number of amides is 2. The van der Waals surface area contributed by atoms with Crippen LogP contribution in [0.1, 0.15) is 6.92 Å². The number of carbonyl (C=O) groups is 2.